The number of alkyl halides is 3. The Morgan fingerprint density at radius 1 is 1.31 bits per heavy atom. The van der Waals surface area contributed by atoms with Crippen LogP contribution in [0.5, 0.6) is 5.75 Å². The number of hydrogen-bond acceptors (Lipinski definition) is 5. The van der Waals surface area contributed by atoms with Crippen LogP contribution in [0, 0.1) is 6.92 Å². The smallest absolute Gasteiger partial charge is 0.406 e. The van der Waals surface area contributed by atoms with Gasteiger partial charge in [-0.25, -0.2) is 4.98 Å². The zero-order valence-electron chi connectivity index (χ0n) is 16.0. The standard InChI is InChI=1S/C20H21F3N4O2/c1-12-6-8-25-17(10-12)26-16-7-9-27(13(2)18(16)24)19(28)14-4-3-5-15(11-14)29-20(21,22)23/h3-6,8,10-11,13H,7,9,24H2,1-2H3,(H,25,26)/t13-/m1/s1. The molecule has 0 bridgehead atoms. The number of rotatable bonds is 4. The van der Waals surface area contributed by atoms with Gasteiger partial charge in [0.2, 0.25) is 0 Å². The molecule has 29 heavy (non-hydrogen) atoms. The predicted octanol–water partition coefficient (Wildman–Crippen LogP) is 3.81. The summed E-state index contributed by atoms with van der Waals surface area (Å²) in [5.74, 6) is -0.197. The highest BCUT2D eigenvalue weighted by molar-refractivity contribution is 5.95. The second kappa shape index (κ2) is 8.02. The number of amides is 1. The molecule has 3 rings (SSSR count). The fourth-order valence-corrected chi connectivity index (χ4v) is 3.15. The number of nitrogens with two attached hydrogens (primary N) is 1. The van der Waals surface area contributed by atoms with Crippen molar-refractivity contribution in [3.8, 4) is 5.75 Å². The van der Waals surface area contributed by atoms with Crippen LogP contribution in [-0.2, 0) is 0 Å². The Hall–Kier alpha value is -3.23. The first-order chi connectivity index (χ1) is 13.6. The molecule has 0 aliphatic carbocycles. The molecule has 154 valence electrons. The summed E-state index contributed by atoms with van der Waals surface area (Å²) in [4.78, 5) is 18.6. The molecule has 1 aromatic heterocycles. The molecule has 1 aliphatic heterocycles. The zero-order valence-corrected chi connectivity index (χ0v) is 16.0. The summed E-state index contributed by atoms with van der Waals surface area (Å²) in [6.07, 6.45) is -2.67. The molecule has 0 saturated heterocycles. The van der Waals surface area contributed by atoms with Gasteiger partial charge in [0, 0.05) is 30.4 Å². The third-order valence-electron chi connectivity index (χ3n) is 4.64. The monoisotopic (exact) mass is 406 g/mol. The SMILES string of the molecule is Cc1ccnc(NC2=C(N)[C@@H](C)N(C(=O)c3cccc(OC(F)(F)F)c3)CC2)c1. The van der Waals surface area contributed by atoms with E-state index < -0.39 is 24.1 Å². The molecule has 0 spiro atoms. The number of nitrogens with one attached hydrogen (secondary N) is 1. The largest absolute Gasteiger partial charge is 0.573 e. The van der Waals surface area contributed by atoms with E-state index in [1.807, 2.05) is 19.1 Å². The van der Waals surface area contributed by atoms with Crippen molar-refractivity contribution in [3.05, 3.63) is 65.1 Å². The molecule has 1 aromatic carbocycles. The number of aryl methyl sites for hydroxylation is 1. The van der Waals surface area contributed by atoms with Crippen LogP contribution < -0.4 is 15.8 Å². The topological polar surface area (TPSA) is 80.5 Å². The maximum atomic E-state index is 12.9. The number of hydrogen-bond donors (Lipinski definition) is 2. The van der Waals surface area contributed by atoms with Crippen molar-refractivity contribution in [2.45, 2.75) is 32.7 Å². The summed E-state index contributed by atoms with van der Waals surface area (Å²) < 4.78 is 41.2. The van der Waals surface area contributed by atoms with Crippen LogP contribution in [0.15, 0.2) is 54.0 Å². The molecule has 2 aromatic rings. The van der Waals surface area contributed by atoms with Gasteiger partial charge >= 0.3 is 6.36 Å². The fourth-order valence-electron chi connectivity index (χ4n) is 3.15. The predicted molar refractivity (Wildman–Crippen MR) is 102 cm³/mol. The quantitative estimate of drug-likeness (QED) is 0.807. The molecular weight excluding hydrogens is 385 g/mol. The molecule has 1 amide bonds. The van der Waals surface area contributed by atoms with E-state index in [1.165, 1.54) is 17.0 Å². The first-order valence-electron chi connectivity index (χ1n) is 8.99. The minimum Gasteiger partial charge on any atom is -0.406 e. The normalized spacial score (nSPS) is 17.3. The molecule has 6 nitrogen and oxygen atoms in total. The van der Waals surface area contributed by atoms with Crippen LogP contribution in [0.1, 0.15) is 29.3 Å². The number of halogens is 3. The van der Waals surface area contributed by atoms with Gasteiger partial charge < -0.3 is 20.7 Å². The van der Waals surface area contributed by atoms with Crippen molar-refractivity contribution in [2.75, 3.05) is 11.9 Å². The third kappa shape index (κ3) is 4.98. The lowest BCUT2D eigenvalue weighted by Crippen LogP contribution is -2.46. The van der Waals surface area contributed by atoms with Gasteiger partial charge in [-0.1, -0.05) is 6.07 Å². The summed E-state index contributed by atoms with van der Waals surface area (Å²) in [5, 5.41) is 3.20. The van der Waals surface area contributed by atoms with Gasteiger partial charge in [-0.3, -0.25) is 4.79 Å². The lowest BCUT2D eigenvalue weighted by Gasteiger charge is -2.35. The van der Waals surface area contributed by atoms with E-state index in [4.69, 9.17) is 5.73 Å². The van der Waals surface area contributed by atoms with Gasteiger partial charge in [0.25, 0.3) is 5.91 Å². The number of ether oxygens (including phenoxy) is 1. The van der Waals surface area contributed by atoms with E-state index in [1.54, 1.807) is 13.1 Å². The summed E-state index contributed by atoms with van der Waals surface area (Å²) in [6.45, 7) is 4.08. The van der Waals surface area contributed by atoms with Crippen LogP contribution in [-0.4, -0.2) is 34.7 Å². The van der Waals surface area contributed by atoms with E-state index in [9.17, 15) is 18.0 Å². The second-order valence-electron chi connectivity index (χ2n) is 6.78. The Labute approximate surface area is 166 Å². The lowest BCUT2D eigenvalue weighted by atomic mass is 10.0. The average molecular weight is 406 g/mol. The first-order valence-corrected chi connectivity index (χ1v) is 8.99. The molecule has 3 N–H and O–H groups in total. The fraction of sp³-hybridized carbons (Fsp3) is 0.300. The summed E-state index contributed by atoms with van der Waals surface area (Å²) in [7, 11) is 0. The van der Waals surface area contributed by atoms with E-state index in [0.29, 0.717) is 24.5 Å². The summed E-state index contributed by atoms with van der Waals surface area (Å²) in [6, 6.07) is 8.34. The second-order valence-corrected chi connectivity index (χ2v) is 6.78. The molecule has 0 unspecified atom stereocenters. The number of aromatic nitrogens is 1. The van der Waals surface area contributed by atoms with Crippen molar-refractivity contribution in [1.29, 1.82) is 0 Å². The number of carbonyl (C=O) groups excluding carboxylic acids is 1. The van der Waals surface area contributed by atoms with Crippen LogP contribution in [0.3, 0.4) is 0 Å². The highest BCUT2D eigenvalue weighted by atomic mass is 19.4. The highest BCUT2D eigenvalue weighted by Gasteiger charge is 2.32. The molecule has 0 radical (unpaired) electrons. The minimum atomic E-state index is -4.82. The van der Waals surface area contributed by atoms with Crippen molar-refractivity contribution in [1.82, 2.24) is 9.88 Å². The number of nitrogens with zero attached hydrogens (tertiary/aromatic N) is 2. The van der Waals surface area contributed by atoms with E-state index in [0.717, 1.165) is 23.4 Å². The molecule has 1 atom stereocenters. The van der Waals surface area contributed by atoms with Crippen LogP contribution in [0.25, 0.3) is 0 Å². The highest BCUT2D eigenvalue weighted by Crippen LogP contribution is 2.27. The first kappa shape index (κ1) is 20.5. The Morgan fingerprint density at radius 2 is 2.07 bits per heavy atom. The Bertz CT molecular complexity index is 943. The van der Waals surface area contributed by atoms with Crippen molar-refractivity contribution in [3.63, 3.8) is 0 Å². The van der Waals surface area contributed by atoms with E-state index >= 15 is 0 Å². The molecule has 1 aliphatic rings. The van der Waals surface area contributed by atoms with Gasteiger partial charge in [0.15, 0.2) is 0 Å². The Balaban J connectivity index is 1.77. The van der Waals surface area contributed by atoms with Gasteiger partial charge in [0.1, 0.15) is 11.6 Å². The zero-order chi connectivity index (χ0) is 21.2. The van der Waals surface area contributed by atoms with Gasteiger partial charge in [0.05, 0.1) is 11.7 Å². The van der Waals surface area contributed by atoms with Crippen molar-refractivity contribution in [2.24, 2.45) is 5.73 Å². The number of carbonyl (C=O) groups is 1. The maximum Gasteiger partial charge on any atom is 0.573 e. The molecule has 9 heteroatoms. The molecule has 2 heterocycles. The van der Waals surface area contributed by atoms with Crippen LogP contribution in [0.4, 0.5) is 19.0 Å². The van der Waals surface area contributed by atoms with Gasteiger partial charge in [-0.05, 0) is 49.7 Å². The Morgan fingerprint density at radius 3 is 2.76 bits per heavy atom. The summed E-state index contributed by atoms with van der Waals surface area (Å²) in [5.41, 5.74) is 8.65. The maximum absolute atomic E-state index is 12.9. The lowest BCUT2D eigenvalue weighted by molar-refractivity contribution is -0.274. The van der Waals surface area contributed by atoms with E-state index in [-0.39, 0.29) is 5.56 Å². The molecular formula is C20H21F3N4O2. The van der Waals surface area contributed by atoms with Gasteiger partial charge in [-0.2, -0.15) is 0 Å². The molecule has 0 saturated carbocycles. The van der Waals surface area contributed by atoms with Crippen LogP contribution >= 0.6 is 0 Å². The number of benzene rings is 1. The molecule has 0 fully saturated rings. The van der Waals surface area contributed by atoms with E-state index in [2.05, 4.69) is 15.0 Å². The Kier molecular flexibility index (Phi) is 5.67. The van der Waals surface area contributed by atoms with Crippen LogP contribution in [0.2, 0.25) is 0 Å². The minimum absolute atomic E-state index is 0.100. The van der Waals surface area contributed by atoms with Crippen molar-refractivity contribution < 1.29 is 22.7 Å². The number of anilines is 1. The third-order valence-corrected chi connectivity index (χ3v) is 4.64. The number of pyridine rings is 1. The van der Waals surface area contributed by atoms with Gasteiger partial charge in [-0.15, -0.1) is 13.2 Å². The van der Waals surface area contributed by atoms with Crippen molar-refractivity contribution >= 4 is 11.7 Å². The average Bonchev–Trinajstić information content (AvgIpc) is 2.64. The summed E-state index contributed by atoms with van der Waals surface area (Å²) >= 11 is 0.